The van der Waals surface area contributed by atoms with Crippen molar-refractivity contribution in [1.29, 1.82) is 0 Å². The number of nitrogens with two attached hydrogens (primary N) is 1. The van der Waals surface area contributed by atoms with Gasteiger partial charge >= 0.3 is 0 Å². The molecule has 4 nitrogen and oxygen atoms in total. The summed E-state index contributed by atoms with van der Waals surface area (Å²) in [5.74, 6) is 1.16. The molecule has 0 atom stereocenters. The number of benzene rings is 1. The molecule has 0 fully saturated rings. The minimum atomic E-state index is 0.541. The Morgan fingerprint density at radius 1 is 1.25 bits per heavy atom. The lowest BCUT2D eigenvalue weighted by molar-refractivity contribution is -0.104. The molecule has 2 N–H and O–H groups in total. The molecule has 0 aromatic heterocycles. The molecule has 0 radical (unpaired) electrons. The number of allylic oxidation sites excluding steroid dienone is 1. The fourth-order valence-electron chi connectivity index (χ4n) is 1.31. The molecule has 0 aliphatic carbocycles. The van der Waals surface area contributed by atoms with Crippen LogP contribution in [-0.4, -0.2) is 20.5 Å². The third kappa shape index (κ3) is 2.53. The van der Waals surface area contributed by atoms with Crippen LogP contribution in [0.2, 0.25) is 0 Å². The van der Waals surface area contributed by atoms with Gasteiger partial charge in [0.15, 0.2) is 11.5 Å². The van der Waals surface area contributed by atoms with Crippen molar-refractivity contribution >= 4 is 18.0 Å². The Morgan fingerprint density at radius 2 is 1.81 bits per heavy atom. The summed E-state index contributed by atoms with van der Waals surface area (Å²) >= 11 is 0. The zero-order chi connectivity index (χ0) is 12.1. The highest BCUT2D eigenvalue weighted by atomic mass is 16.5. The van der Waals surface area contributed by atoms with Gasteiger partial charge in [0, 0.05) is 17.3 Å². The van der Waals surface area contributed by atoms with Gasteiger partial charge in [0.25, 0.3) is 0 Å². The minimum Gasteiger partial charge on any atom is -0.493 e. The molecule has 16 heavy (non-hydrogen) atoms. The zero-order valence-corrected chi connectivity index (χ0v) is 9.61. The third-order valence-electron chi connectivity index (χ3n) is 2.16. The van der Waals surface area contributed by atoms with Crippen LogP contribution in [-0.2, 0) is 4.79 Å². The molecule has 1 rings (SSSR count). The van der Waals surface area contributed by atoms with E-state index in [-0.39, 0.29) is 0 Å². The highest BCUT2D eigenvalue weighted by Gasteiger charge is 2.07. The number of carbonyl (C=O) groups is 1. The molecule has 1 aromatic rings. The van der Waals surface area contributed by atoms with Gasteiger partial charge in [-0.2, -0.15) is 0 Å². The molecule has 0 saturated carbocycles. The van der Waals surface area contributed by atoms with Crippen LogP contribution in [0.1, 0.15) is 12.5 Å². The fraction of sp³-hybridized carbons (Fsp3) is 0.250. The van der Waals surface area contributed by atoms with Crippen molar-refractivity contribution in [2.24, 2.45) is 0 Å². The number of aldehydes is 1. The number of nitrogen functional groups attached to an aromatic ring is 1. The van der Waals surface area contributed by atoms with Crippen molar-refractivity contribution in [2.45, 2.75) is 6.92 Å². The van der Waals surface area contributed by atoms with Crippen LogP contribution in [0.15, 0.2) is 17.7 Å². The monoisotopic (exact) mass is 221 g/mol. The van der Waals surface area contributed by atoms with Crippen molar-refractivity contribution in [2.75, 3.05) is 20.0 Å². The first-order valence-corrected chi connectivity index (χ1v) is 4.77. The zero-order valence-electron chi connectivity index (χ0n) is 9.61. The molecule has 0 bridgehead atoms. The topological polar surface area (TPSA) is 61.5 Å². The van der Waals surface area contributed by atoms with E-state index in [9.17, 15) is 4.79 Å². The van der Waals surface area contributed by atoms with E-state index in [1.807, 2.05) is 0 Å². The minimum absolute atomic E-state index is 0.541. The van der Waals surface area contributed by atoms with Crippen LogP contribution >= 0.6 is 0 Å². The lowest BCUT2D eigenvalue weighted by atomic mass is 10.1. The molecule has 0 spiro atoms. The maximum Gasteiger partial charge on any atom is 0.162 e. The molecular weight excluding hydrogens is 206 g/mol. The predicted molar refractivity (Wildman–Crippen MR) is 63.7 cm³/mol. The van der Waals surface area contributed by atoms with Crippen LogP contribution in [0.5, 0.6) is 11.5 Å². The summed E-state index contributed by atoms with van der Waals surface area (Å²) in [4.78, 5) is 10.5. The van der Waals surface area contributed by atoms with E-state index >= 15 is 0 Å². The molecular formula is C12H15NO3. The van der Waals surface area contributed by atoms with Gasteiger partial charge in [-0.1, -0.05) is 0 Å². The van der Waals surface area contributed by atoms with Crippen molar-refractivity contribution < 1.29 is 14.3 Å². The Labute approximate surface area is 94.7 Å². The van der Waals surface area contributed by atoms with E-state index in [0.717, 1.165) is 11.8 Å². The lowest BCUT2D eigenvalue weighted by Crippen LogP contribution is -1.96. The molecule has 0 aliphatic heterocycles. The Balaban J connectivity index is 3.26. The molecule has 1 aromatic carbocycles. The Morgan fingerprint density at radius 3 is 2.31 bits per heavy atom. The van der Waals surface area contributed by atoms with Gasteiger partial charge in [0.2, 0.25) is 0 Å². The number of hydrogen-bond donors (Lipinski definition) is 1. The summed E-state index contributed by atoms with van der Waals surface area (Å²) in [5.41, 5.74) is 7.70. The summed E-state index contributed by atoms with van der Waals surface area (Å²) in [6, 6.07) is 3.41. The largest absolute Gasteiger partial charge is 0.493 e. The number of methoxy groups -OCH3 is 2. The van der Waals surface area contributed by atoms with E-state index in [1.54, 1.807) is 39.4 Å². The molecule has 0 saturated heterocycles. The van der Waals surface area contributed by atoms with Gasteiger partial charge < -0.3 is 15.2 Å². The number of anilines is 1. The van der Waals surface area contributed by atoms with Crippen molar-refractivity contribution in [3.05, 3.63) is 23.3 Å². The van der Waals surface area contributed by atoms with Gasteiger partial charge in [-0.15, -0.1) is 0 Å². The highest BCUT2D eigenvalue weighted by molar-refractivity contribution is 5.83. The van der Waals surface area contributed by atoms with Gasteiger partial charge in [-0.05, 0) is 24.6 Å². The van der Waals surface area contributed by atoms with Gasteiger partial charge in [-0.25, -0.2) is 0 Å². The standard InChI is InChI=1S/C12H15NO3/c1-8(7-14)4-9-5-11(15-2)12(16-3)6-10(9)13/h4-7H,13H2,1-3H3/b8-4+. The summed E-state index contributed by atoms with van der Waals surface area (Å²) < 4.78 is 10.3. The number of ether oxygens (including phenoxy) is 2. The maximum atomic E-state index is 10.5. The quantitative estimate of drug-likeness (QED) is 0.479. The van der Waals surface area contributed by atoms with Crippen molar-refractivity contribution in [3.63, 3.8) is 0 Å². The molecule has 0 heterocycles. The van der Waals surface area contributed by atoms with Crippen molar-refractivity contribution in [1.82, 2.24) is 0 Å². The normalized spacial score (nSPS) is 11.1. The number of rotatable bonds is 4. The van der Waals surface area contributed by atoms with Gasteiger partial charge in [0.05, 0.1) is 14.2 Å². The molecule has 0 unspecified atom stereocenters. The van der Waals surface area contributed by atoms with E-state index in [2.05, 4.69) is 0 Å². The predicted octanol–water partition coefficient (Wildman–Crippen LogP) is 1.89. The summed E-state index contributed by atoms with van der Waals surface area (Å²) in [6.45, 7) is 1.71. The summed E-state index contributed by atoms with van der Waals surface area (Å²) in [7, 11) is 3.09. The summed E-state index contributed by atoms with van der Waals surface area (Å²) in [5, 5.41) is 0. The first-order chi connectivity index (χ1) is 7.62. The average Bonchev–Trinajstić information content (AvgIpc) is 2.30. The highest BCUT2D eigenvalue weighted by Crippen LogP contribution is 2.32. The van der Waals surface area contributed by atoms with Crippen LogP contribution in [0.3, 0.4) is 0 Å². The third-order valence-corrected chi connectivity index (χ3v) is 2.16. The number of carbonyl (C=O) groups excluding carboxylic acids is 1. The lowest BCUT2D eigenvalue weighted by Gasteiger charge is -2.10. The van der Waals surface area contributed by atoms with Crippen molar-refractivity contribution in [3.8, 4) is 11.5 Å². The fourth-order valence-corrected chi connectivity index (χ4v) is 1.31. The average molecular weight is 221 g/mol. The smallest absolute Gasteiger partial charge is 0.162 e. The Hall–Kier alpha value is -1.97. The summed E-state index contributed by atoms with van der Waals surface area (Å²) in [6.07, 6.45) is 2.47. The van der Waals surface area contributed by atoms with E-state index in [0.29, 0.717) is 22.8 Å². The second-order valence-electron chi connectivity index (χ2n) is 3.34. The Kier molecular flexibility index (Phi) is 3.94. The molecule has 86 valence electrons. The molecule has 0 aliphatic rings. The molecule has 0 amide bonds. The Bertz CT molecular complexity index is 425. The second kappa shape index (κ2) is 5.21. The first kappa shape index (κ1) is 12.1. The van der Waals surface area contributed by atoms with Gasteiger partial charge in [0.1, 0.15) is 6.29 Å². The van der Waals surface area contributed by atoms with Crippen LogP contribution < -0.4 is 15.2 Å². The van der Waals surface area contributed by atoms with E-state index in [4.69, 9.17) is 15.2 Å². The number of hydrogen-bond acceptors (Lipinski definition) is 4. The van der Waals surface area contributed by atoms with Crippen LogP contribution in [0, 0.1) is 0 Å². The second-order valence-corrected chi connectivity index (χ2v) is 3.34. The van der Waals surface area contributed by atoms with E-state index in [1.165, 1.54) is 0 Å². The van der Waals surface area contributed by atoms with Crippen LogP contribution in [0.25, 0.3) is 6.08 Å². The van der Waals surface area contributed by atoms with Gasteiger partial charge in [-0.3, -0.25) is 4.79 Å². The first-order valence-electron chi connectivity index (χ1n) is 4.77. The maximum absolute atomic E-state index is 10.5. The van der Waals surface area contributed by atoms with Crippen LogP contribution in [0.4, 0.5) is 5.69 Å². The van der Waals surface area contributed by atoms with E-state index < -0.39 is 0 Å². The molecule has 4 heteroatoms. The SMILES string of the molecule is COc1cc(N)c(/C=C(\C)C=O)cc1OC.